The molecule has 10 heteroatoms. The standard InChI is InChI=1S/C23H23F3N4O2S/c1-13-14(12-30(28-13)19-16(22(27)31)3-2-4-17(19)24)11-29-8-6-23(7-9-29)20-15(5-10-32-23)18(25)21(26)33-20/h2-4,12H,5-11H2,1H3,(H2,27,31). The van der Waals surface area contributed by atoms with E-state index in [1.807, 2.05) is 6.92 Å². The number of aryl methyl sites for hydroxylation is 1. The van der Waals surface area contributed by atoms with Crippen LogP contribution in [0.3, 0.4) is 0 Å². The zero-order chi connectivity index (χ0) is 23.3. The quantitative estimate of drug-likeness (QED) is 0.621. The first-order valence-electron chi connectivity index (χ1n) is 10.8. The Labute approximate surface area is 192 Å². The fourth-order valence-electron chi connectivity index (χ4n) is 4.82. The molecule has 0 radical (unpaired) electrons. The molecule has 1 fully saturated rings. The summed E-state index contributed by atoms with van der Waals surface area (Å²) in [6.07, 6.45) is 3.37. The molecule has 2 aliphatic rings. The van der Waals surface area contributed by atoms with Crippen molar-refractivity contribution in [3.05, 3.63) is 68.4 Å². The van der Waals surface area contributed by atoms with Gasteiger partial charge >= 0.3 is 0 Å². The van der Waals surface area contributed by atoms with Gasteiger partial charge in [0.05, 0.1) is 17.9 Å². The number of benzene rings is 1. The highest BCUT2D eigenvalue weighted by Crippen LogP contribution is 2.46. The van der Waals surface area contributed by atoms with Crippen LogP contribution in [0.2, 0.25) is 0 Å². The number of hydrogen-bond donors (Lipinski definition) is 1. The van der Waals surface area contributed by atoms with Gasteiger partial charge in [0.15, 0.2) is 5.82 Å². The normalized spacial score (nSPS) is 17.9. The Hall–Kier alpha value is -2.69. The molecule has 0 aliphatic carbocycles. The van der Waals surface area contributed by atoms with Gasteiger partial charge in [-0.1, -0.05) is 6.07 Å². The second-order valence-corrected chi connectivity index (χ2v) is 9.52. The van der Waals surface area contributed by atoms with Crippen LogP contribution in [-0.2, 0) is 23.3 Å². The Bertz CT molecular complexity index is 1230. The summed E-state index contributed by atoms with van der Waals surface area (Å²) in [5.41, 5.74) is 6.94. The van der Waals surface area contributed by atoms with E-state index in [1.54, 1.807) is 6.20 Å². The number of carbonyl (C=O) groups excluding carboxylic acids is 1. The summed E-state index contributed by atoms with van der Waals surface area (Å²) >= 11 is 0.864. The van der Waals surface area contributed by atoms with Gasteiger partial charge in [0.25, 0.3) is 5.91 Å². The van der Waals surface area contributed by atoms with Crippen LogP contribution in [0.1, 0.15) is 44.9 Å². The summed E-state index contributed by atoms with van der Waals surface area (Å²) in [6.45, 7) is 4.14. The minimum Gasteiger partial charge on any atom is -0.369 e. The lowest BCUT2D eigenvalue weighted by Crippen LogP contribution is -2.45. The van der Waals surface area contributed by atoms with E-state index in [1.165, 1.54) is 22.9 Å². The fourth-order valence-corrected chi connectivity index (χ4v) is 5.97. The van der Waals surface area contributed by atoms with Crippen molar-refractivity contribution in [1.82, 2.24) is 14.7 Å². The van der Waals surface area contributed by atoms with Crippen molar-refractivity contribution >= 4 is 17.2 Å². The average Bonchev–Trinajstić information content (AvgIpc) is 3.29. The summed E-state index contributed by atoms with van der Waals surface area (Å²) < 4.78 is 50.0. The SMILES string of the molecule is Cc1nn(-c2c(F)cccc2C(N)=O)cc1CN1CCC2(CC1)OCCc1c2sc(F)c1F. The third-order valence-electron chi connectivity index (χ3n) is 6.59. The minimum absolute atomic E-state index is 0.0295. The number of hydrogen-bond acceptors (Lipinski definition) is 5. The number of nitrogens with zero attached hydrogens (tertiary/aromatic N) is 3. The van der Waals surface area contributed by atoms with Gasteiger partial charge in [-0.15, -0.1) is 11.3 Å². The van der Waals surface area contributed by atoms with Gasteiger partial charge in [0.2, 0.25) is 5.13 Å². The Morgan fingerprint density at radius 1 is 1.27 bits per heavy atom. The predicted octanol–water partition coefficient (Wildman–Crippen LogP) is 3.82. The van der Waals surface area contributed by atoms with E-state index in [-0.39, 0.29) is 11.3 Å². The lowest BCUT2D eigenvalue weighted by molar-refractivity contribution is -0.0965. The monoisotopic (exact) mass is 476 g/mol. The largest absolute Gasteiger partial charge is 0.369 e. The number of ether oxygens (including phenoxy) is 1. The van der Waals surface area contributed by atoms with Crippen LogP contribution >= 0.6 is 11.3 Å². The molecule has 0 bridgehead atoms. The van der Waals surface area contributed by atoms with Gasteiger partial charge in [-0.3, -0.25) is 9.69 Å². The van der Waals surface area contributed by atoms with Crippen molar-refractivity contribution in [2.24, 2.45) is 5.73 Å². The van der Waals surface area contributed by atoms with Crippen molar-refractivity contribution in [2.45, 2.75) is 38.3 Å². The number of likely N-dealkylation sites (tertiary alicyclic amines) is 1. The molecule has 4 heterocycles. The van der Waals surface area contributed by atoms with Crippen LogP contribution in [0.25, 0.3) is 5.69 Å². The molecule has 6 nitrogen and oxygen atoms in total. The molecule has 1 amide bonds. The first kappa shape index (κ1) is 22.1. The molecule has 3 aromatic rings. The molecule has 2 aliphatic heterocycles. The van der Waals surface area contributed by atoms with E-state index in [2.05, 4.69) is 10.00 Å². The molecule has 0 saturated carbocycles. The molecular formula is C23H23F3N4O2S. The highest BCUT2D eigenvalue weighted by atomic mass is 32.1. The molecule has 1 spiro atoms. The first-order valence-corrected chi connectivity index (χ1v) is 11.6. The van der Waals surface area contributed by atoms with Gasteiger partial charge in [0.1, 0.15) is 17.1 Å². The maximum atomic E-state index is 14.5. The lowest BCUT2D eigenvalue weighted by atomic mass is 9.85. The molecule has 2 N–H and O–H groups in total. The van der Waals surface area contributed by atoms with Gasteiger partial charge in [-0.05, 0) is 31.9 Å². The number of rotatable bonds is 4. The van der Waals surface area contributed by atoms with Gasteiger partial charge < -0.3 is 10.5 Å². The Balaban J connectivity index is 1.34. The Morgan fingerprint density at radius 3 is 2.76 bits per heavy atom. The zero-order valence-electron chi connectivity index (χ0n) is 18.0. The van der Waals surface area contributed by atoms with E-state index in [4.69, 9.17) is 10.5 Å². The smallest absolute Gasteiger partial charge is 0.251 e. The number of carbonyl (C=O) groups is 1. The Kier molecular flexibility index (Phi) is 5.54. The maximum absolute atomic E-state index is 14.5. The van der Waals surface area contributed by atoms with Gasteiger partial charge in [-0.2, -0.15) is 9.49 Å². The van der Waals surface area contributed by atoms with Crippen molar-refractivity contribution in [2.75, 3.05) is 19.7 Å². The molecule has 0 atom stereocenters. The van der Waals surface area contributed by atoms with E-state index in [0.717, 1.165) is 16.9 Å². The number of halogens is 3. The number of para-hydroxylation sites is 1. The van der Waals surface area contributed by atoms with Crippen molar-refractivity contribution in [3.8, 4) is 5.69 Å². The highest BCUT2D eigenvalue weighted by molar-refractivity contribution is 7.10. The minimum atomic E-state index is -0.765. The summed E-state index contributed by atoms with van der Waals surface area (Å²) in [7, 11) is 0. The van der Waals surface area contributed by atoms with Crippen LogP contribution in [0, 0.1) is 23.7 Å². The number of fused-ring (bicyclic) bond motifs is 2. The van der Waals surface area contributed by atoms with Crippen LogP contribution < -0.4 is 5.73 Å². The summed E-state index contributed by atoms with van der Waals surface area (Å²) in [5.74, 6) is -2.04. The zero-order valence-corrected chi connectivity index (χ0v) is 18.9. The number of nitrogens with two attached hydrogens (primary N) is 1. The highest BCUT2D eigenvalue weighted by Gasteiger charge is 2.44. The summed E-state index contributed by atoms with van der Waals surface area (Å²) in [6, 6.07) is 4.16. The first-order chi connectivity index (χ1) is 15.8. The third-order valence-corrected chi connectivity index (χ3v) is 7.77. The predicted molar refractivity (Wildman–Crippen MR) is 117 cm³/mol. The van der Waals surface area contributed by atoms with Crippen molar-refractivity contribution < 1.29 is 22.7 Å². The second-order valence-electron chi connectivity index (χ2n) is 8.55. The van der Waals surface area contributed by atoms with E-state index < -0.39 is 28.3 Å². The molecule has 1 saturated heterocycles. The number of piperidine rings is 1. The molecule has 2 aromatic heterocycles. The van der Waals surface area contributed by atoms with Crippen molar-refractivity contribution in [1.29, 1.82) is 0 Å². The van der Waals surface area contributed by atoms with Crippen LogP contribution in [0.4, 0.5) is 13.2 Å². The number of primary amides is 1. The van der Waals surface area contributed by atoms with Crippen LogP contribution in [0.15, 0.2) is 24.4 Å². The molecule has 33 heavy (non-hydrogen) atoms. The number of thiophene rings is 1. The topological polar surface area (TPSA) is 73.4 Å². The number of aromatic nitrogens is 2. The maximum Gasteiger partial charge on any atom is 0.251 e. The molecule has 5 rings (SSSR count). The van der Waals surface area contributed by atoms with Gasteiger partial charge in [0, 0.05) is 48.3 Å². The average molecular weight is 477 g/mol. The summed E-state index contributed by atoms with van der Waals surface area (Å²) in [4.78, 5) is 14.7. The van der Waals surface area contributed by atoms with E-state index >= 15 is 0 Å². The van der Waals surface area contributed by atoms with Crippen LogP contribution in [-0.4, -0.2) is 40.3 Å². The molecule has 1 aromatic carbocycles. The summed E-state index contributed by atoms with van der Waals surface area (Å²) in [5, 5.41) is 3.65. The van der Waals surface area contributed by atoms with E-state index in [9.17, 15) is 18.0 Å². The van der Waals surface area contributed by atoms with Crippen molar-refractivity contribution in [3.63, 3.8) is 0 Å². The fraction of sp³-hybridized carbons (Fsp3) is 0.391. The second kappa shape index (κ2) is 8.27. The lowest BCUT2D eigenvalue weighted by Gasteiger charge is -2.43. The number of amides is 1. The molecular weight excluding hydrogens is 453 g/mol. The third kappa shape index (κ3) is 3.75. The molecule has 174 valence electrons. The molecule has 0 unspecified atom stereocenters. The Morgan fingerprint density at radius 2 is 2.03 bits per heavy atom. The van der Waals surface area contributed by atoms with Gasteiger partial charge in [-0.25, -0.2) is 13.5 Å². The van der Waals surface area contributed by atoms with Crippen LogP contribution in [0.5, 0.6) is 0 Å². The van der Waals surface area contributed by atoms with E-state index in [0.29, 0.717) is 61.6 Å².